The number of pyridine rings is 1. The van der Waals surface area contributed by atoms with Gasteiger partial charge in [-0.2, -0.15) is 0 Å². The zero-order chi connectivity index (χ0) is 19.3. The Hall–Kier alpha value is -2.83. The molecule has 7 heteroatoms. The number of hydrogen-bond donors (Lipinski definition) is 0. The summed E-state index contributed by atoms with van der Waals surface area (Å²) in [6, 6.07) is 19.5. The van der Waals surface area contributed by atoms with Crippen molar-refractivity contribution in [2.24, 2.45) is 0 Å². The molecular formula is C21H17ClN4OS. The molecule has 0 saturated carbocycles. The van der Waals surface area contributed by atoms with Crippen LogP contribution in [0.1, 0.15) is 5.56 Å². The first-order chi connectivity index (χ1) is 13.8. The fraction of sp³-hybridized carbons (Fsp3) is 0.0952. The number of thioether (sulfide) groups is 1. The van der Waals surface area contributed by atoms with E-state index in [1.54, 1.807) is 31.3 Å². The number of methoxy groups -OCH3 is 1. The summed E-state index contributed by atoms with van der Waals surface area (Å²) in [4.78, 5) is 4.09. The number of aromatic nitrogens is 4. The van der Waals surface area contributed by atoms with E-state index in [2.05, 4.69) is 21.2 Å². The van der Waals surface area contributed by atoms with Crippen molar-refractivity contribution < 1.29 is 4.74 Å². The summed E-state index contributed by atoms with van der Waals surface area (Å²) in [6.07, 6.45) is 3.48. The third-order valence-electron chi connectivity index (χ3n) is 4.17. The lowest BCUT2D eigenvalue weighted by Crippen LogP contribution is -2.00. The van der Waals surface area contributed by atoms with Crippen molar-refractivity contribution in [3.63, 3.8) is 0 Å². The standard InChI is InChI=1S/C21H17ClN4OS/c1-27-17-6-4-5-15(13-17)14-28-21-25-24-20(16-9-11-23-12-10-16)26(21)19-8-3-2-7-18(19)22/h2-13H,14H2,1H3. The fourth-order valence-corrected chi connectivity index (χ4v) is 3.92. The molecule has 0 unspecified atom stereocenters. The van der Waals surface area contributed by atoms with Crippen LogP contribution < -0.4 is 4.74 Å². The van der Waals surface area contributed by atoms with Crippen LogP contribution >= 0.6 is 23.4 Å². The monoisotopic (exact) mass is 408 g/mol. The molecular weight excluding hydrogens is 392 g/mol. The van der Waals surface area contributed by atoms with Gasteiger partial charge < -0.3 is 4.74 Å². The molecule has 4 aromatic rings. The molecule has 0 fully saturated rings. The number of nitrogens with zero attached hydrogens (tertiary/aromatic N) is 4. The molecule has 0 amide bonds. The van der Waals surface area contributed by atoms with Gasteiger partial charge in [0.1, 0.15) is 5.75 Å². The van der Waals surface area contributed by atoms with Gasteiger partial charge in [0.15, 0.2) is 11.0 Å². The predicted molar refractivity (Wildman–Crippen MR) is 112 cm³/mol. The van der Waals surface area contributed by atoms with Gasteiger partial charge in [-0.25, -0.2) is 0 Å². The highest BCUT2D eigenvalue weighted by Gasteiger charge is 2.18. The maximum atomic E-state index is 6.49. The number of para-hydroxylation sites is 1. The molecule has 2 aromatic heterocycles. The van der Waals surface area contributed by atoms with E-state index in [1.165, 1.54) is 0 Å². The van der Waals surface area contributed by atoms with E-state index in [1.807, 2.05) is 59.2 Å². The number of rotatable bonds is 6. The number of ether oxygens (including phenoxy) is 1. The van der Waals surface area contributed by atoms with Crippen LogP contribution in [-0.4, -0.2) is 26.9 Å². The fourth-order valence-electron chi connectivity index (χ4n) is 2.81. The largest absolute Gasteiger partial charge is 0.497 e. The van der Waals surface area contributed by atoms with Crippen LogP contribution in [0.3, 0.4) is 0 Å². The van der Waals surface area contributed by atoms with Gasteiger partial charge >= 0.3 is 0 Å². The van der Waals surface area contributed by atoms with E-state index in [0.29, 0.717) is 5.02 Å². The van der Waals surface area contributed by atoms with Crippen molar-refractivity contribution in [3.8, 4) is 22.8 Å². The predicted octanol–water partition coefficient (Wildman–Crippen LogP) is 5.28. The first kappa shape index (κ1) is 18.5. The van der Waals surface area contributed by atoms with Gasteiger partial charge in [-0.15, -0.1) is 10.2 Å². The Kier molecular flexibility index (Phi) is 5.60. The molecule has 0 spiro atoms. The maximum absolute atomic E-state index is 6.49. The summed E-state index contributed by atoms with van der Waals surface area (Å²) in [7, 11) is 1.67. The smallest absolute Gasteiger partial charge is 0.196 e. The summed E-state index contributed by atoms with van der Waals surface area (Å²) in [6.45, 7) is 0. The summed E-state index contributed by atoms with van der Waals surface area (Å²) in [5.41, 5.74) is 2.91. The van der Waals surface area contributed by atoms with Crippen LogP contribution in [0.25, 0.3) is 17.1 Å². The Bertz CT molecular complexity index is 1080. The minimum atomic E-state index is 0.640. The lowest BCUT2D eigenvalue weighted by Gasteiger charge is -2.12. The Morgan fingerprint density at radius 1 is 1.00 bits per heavy atom. The van der Waals surface area contributed by atoms with E-state index in [4.69, 9.17) is 16.3 Å². The van der Waals surface area contributed by atoms with Gasteiger partial charge in [-0.05, 0) is 42.0 Å². The Balaban J connectivity index is 1.73. The van der Waals surface area contributed by atoms with Crippen molar-refractivity contribution in [2.75, 3.05) is 7.11 Å². The minimum Gasteiger partial charge on any atom is -0.497 e. The molecule has 0 radical (unpaired) electrons. The molecule has 0 aliphatic heterocycles. The first-order valence-electron chi connectivity index (χ1n) is 8.62. The third-order valence-corrected chi connectivity index (χ3v) is 5.49. The zero-order valence-corrected chi connectivity index (χ0v) is 16.7. The van der Waals surface area contributed by atoms with Gasteiger partial charge in [-0.3, -0.25) is 9.55 Å². The molecule has 0 N–H and O–H groups in total. The van der Waals surface area contributed by atoms with Gasteiger partial charge in [0.05, 0.1) is 17.8 Å². The van der Waals surface area contributed by atoms with Crippen molar-refractivity contribution in [3.05, 3.63) is 83.6 Å². The first-order valence-corrected chi connectivity index (χ1v) is 9.99. The summed E-state index contributed by atoms with van der Waals surface area (Å²) >= 11 is 8.09. The second-order valence-electron chi connectivity index (χ2n) is 5.97. The molecule has 0 bridgehead atoms. The molecule has 28 heavy (non-hydrogen) atoms. The molecule has 2 aromatic carbocycles. The summed E-state index contributed by atoms with van der Waals surface area (Å²) < 4.78 is 7.30. The van der Waals surface area contributed by atoms with Crippen LogP contribution in [0.15, 0.2) is 78.2 Å². The van der Waals surface area contributed by atoms with Gasteiger partial charge in [0, 0.05) is 23.7 Å². The van der Waals surface area contributed by atoms with E-state index < -0.39 is 0 Å². The van der Waals surface area contributed by atoms with Crippen molar-refractivity contribution in [2.45, 2.75) is 10.9 Å². The molecule has 4 rings (SSSR count). The molecule has 0 aliphatic rings. The molecule has 140 valence electrons. The van der Waals surface area contributed by atoms with E-state index in [0.717, 1.165) is 39.3 Å². The third kappa shape index (κ3) is 3.88. The second-order valence-corrected chi connectivity index (χ2v) is 7.32. The van der Waals surface area contributed by atoms with Gasteiger partial charge in [0.25, 0.3) is 0 Å². The van der Waals surface area contributed by atoms with Crippen molar-refractivity contribution >= 4 is 23.4 Å². The maximum Gasteiger partial charge on any atom is 0.196 e. The van der Waals surface area contributed by atoms with Crippen molar-refractivity contribution in [1.82, 2.24) is 19.7 Å². The molecule has 0 saturated heterocycles. The van der Waals surface area contributed by atoms with Crippen LogP contribution in [0.5, 0.6) is 5.75 Å². The van der Waals surface area contributed by atoms with Crippen molar-refractivity contribution in [1.29, 1.82) is 0 Å². The highest BCUT2D eigenvalue weighted by molar-refractivity contribution is 7.98. The normalized spacial score (nSPS) is 10.8. The van der Waals surface area contributed by atoms with Gasteiger partial charge in [-0.1, -0.05) is 47.6 Å². The Morgan fingerprint density at radius 2 is 1.82 bits per heavy atom. The topological polar surface area (TPSA) is 52.8 Å². The van der Waals surface area contributed by atoms with E-state index >= 15 is 0 Å². The lowest BCUT2D eigenvalue weighted by molar-refractivity contribution is 0.414. The average molecular weight is 409 g/mol. The lowest BCUT2D eigenvalue weighted by atomic mass is 10.2. The Labute approximate surface area is 172 Å². The van der Waals surface area contributed by atoms with Crippen LogP contribution in [0.4, 0.5) is 0 Å². The van der Waals surface area contributed by atoms with E-state index in [9.17, 15) is 0 Å². The molecule has 0 atom stereocenters. The highest BCUT2D eigenvalue weighted by Crippen LogP contribution is 2.32. The second kappa shape index (κ2) is 8.46. The quantitative estimate of drug-likeness (QED) is 0.406. The van der Waals surface area contributed by atoms with Crippen LogP contribution in [0, 0.1) is 0 Å². The number of benzene rings is 2. The molecule has 2 heterocycles. The number of halogens is 1. The highest BCUT2D eigenvalue weighted by atomic mass is 35.5. The van der Waals surface area contributed by atoms with Crippen LogP contribution in [-0.2, 0) is 5.75 Å². The summed E-state index contributed by atoms with van der Waals surface area (Å²) in [5, 5.41) is 10.3. The van der Waals surface area contributed by atoms with E-state index in [-0.39, 0.29) is 0 Å². The average Bonchev–Trinajstić information content (AvgIpc) is 3.17. The minimum absolute atomic E-state index is 0.640. The van der Waals surface area contributed by atoms with Gasteiger partial charge in [0.2, 0.25) is 0 Å². The molecule has 0 aliphatic carbocycles. The zero-order valence-electron chi connectivity index (χ0n) is 15.1. The SMILES string of the molecule is COc1cccc(CSc2nnc(-c3ccncc3)n2-c2ccccc2Cl)c1. The molecule has 5 nitrogen and oxygen atoms in total. The Morgan fingerprint density at radius 3 is 2.61 bits per heavy atom. The van der Waals surface area contributed by atoms with Crippen LogP contribution in [0.2, 0.25) is 5.02 Å². The number of hydrogen-bond acceptors (Lipinski definition) is 5. The summed E-state index contributed by atoms with van der Waals surface area (Å²) in [5.74, 6) is 2.29.